The lowest BCUT2D eigenvalue weighted by molar-refractivity contribution is 0.101. The minimum Gasteiger partial charge on any atom is -0.497 e. The first kappa shape index (κ1) is 21.0. The standard InChI is InChI=1S/C21H16BrN5O3S/c1-29-15-9-7-14(8-10-15)17-19(27-30-26-17)25-20(28)18-16(22)11-23-21(24-18)31-12-13-5-3-2-4-6-13/h2-11H,12H2,1H3,(H,25,27,28). The molecule has 8 nitrogen and oxygen atoms in total. The van der Waals surface area contributed by atoms with Crippen molar-refractivity contribution >= 4 is 39.4 Å². The van der Waals surface area contributed by atoms with Gasteiger partial charge in [-0.1, -0.05) is 42.1 Å². The summed E-state index contributed by atoms with van der Waals surface area (Å²) in [5, 5.41) is 10.9. The monoisotopic (exact) mass is 497 g/mol. The molecule has 2 heterocycles. The molecule has 0 aliphatic heterocycles. The van der Waals surface area contributed by atoms with Crippen LogP contribution in [0.4, 0.5) is 5.82 Å². The second-order valence-corrected chi connectivity index (χ2v) is 8.06. The molecular formula is C21H16BrN5O3S. The molecule has 0 radical (unpaired) electrons. The van der Waals surface area contributed by atoms with Crippen LogP contribution in [0, 0.1) is 0 Å². The summed E-state index contributed by atoms with van der Waals surface area (Å²) in [4.78, 5) is 21.5. The highest BCUT2D eigenvalue weighted by Gasteiger charge is 2.20. The number of ether oxygens (including phenoxy) is 1. The van der Waals surface area contributed by atoms with Crippen molar-refractivity contribution in [2.75, 3.05) is 12.4 Å². The van der Waals surface area contributed by atoms with Gasteiger partial charge >= 0.3 is 0 Å². The Morgan fingerprint density at radius 2 is 1.90 bits per heavy atom. The summed E-state index contributed by atoms with van der Waals surface area (Å²) in [7, 11) is 1.59. The molecule has 0 fully saturated rings. The molecule has 4 aromatic rings. The summed E-state index contributed by atoms with van der Waals surface area (Å²) in [5.41, 5.74) is 2.45. The summed E-state index contributed by atoms with van der Waals surface area (Å²) in [6, 6.07) is 17.1. The number of nitrogens with zero attached hydrogens (tertiary/aromatic N) is 4. The molecule has 4 rings (SSSR count). The van der Waals surface area contributed by atoms with Gasteiger partial charge in [0.05, 0.1) is 11.6 Å². The number of hydrogen-bond acceptors (Lipinski definition) is 8. The van der Waals surface area contributed by atoms with Crippen LogP contribution in [0.5, 0.6) is 5.75 Å². The van der Waals surface area contributed by atoms with Crippen molar-refractivity contribution in [3.05, 3.63) is 76.5 Å². The van der Waals surface area contributed by atoms with Crippen LogP contribution in [0.25, 0.3) is 11.3 Å². The predicted octanol–water partition coefficient (Wildman–Crippen LogP) is 4.84. The van der Waals surface area contributed by atoms with E-state index < -0.39 is 5.91 Å². The van der Waals surface area contributed by atoms with Gasteiger partial charge in [0.15, 0.2) is 10.9 Å². The third-order valence-corrected chi connectivity index (χ3v) is 5.74. The maximum absolute atomic E-state index is 12.9. The van der Waals surface area contributed by atoms with E-state index in [2.05, 4.69) is 41.5 Å². The third-order valence-electron chi connectivity index (χ3n) is 4.23. The molecular weight excluding hydrogens is 482 g/mol. The molecule has 2 aromatic heterocycles. The Bertz CT molecular complexity index is 1190. The lowest BCUT2D eigenvalue weighted by Crippen LogP contribution is -2.16. The average Bonchev–Trinajstić information content (AvgIpc) is 3.27. The number of anilines is 1. The molecule has 0 aliphatic carbocycles. The fourth-order valence-electron chi connectivity index (χ4n) is 2.68. The van der Waals surface area contributed by atoms with Gasteiger partial charge in [-0.15, -0.1) is 0 Å². The fraction of sp³-hybridized carbons (Fsp3) is 0.0952. The van der Waals surface area contributed by atoms with Crippen molar-refractivity contribution < 1.29 is 14.2 Å². The lowest BCUT2D eigenvalue weighted by atomic mass is 10.1. The van der Waals surface area contributed by atoms with Crippen LogP contribution in [0.1, 0.15) is 16.1 Å². The lowest BCUT2D eigenvalue weighted by Gasteiger charge is -2.07. The van der Waals surface area contributed by atoms with Crippen molar-refractivity contribution in [2.24, 2.45) is 0 Å². The van der Waals surface area contributed by atoms with Crippen molar-refractivity contribution in [1.82, 2.24) is 20.3 Å². The maximum atomic E-state index is 12.9. The molecule has 1 N–H and O–H groups in total. The Kier molecular flexibility index (Phi) is 6.58. The van der Waals surface area contributed by atoms with Gasteiger partial charge in [0.2, 0.25) is 5.82 Å². The molecule has 0 bridgehead atoms. The minimum absolute atomic E-state index is 0.189. The highest BCUT2D eigenvalue weighted by molar-refractivity contribution is 9.10. The first-order valence-electron chi connectivity index (χ1n) is 9.11. The van der Waals surface area contributed by atoms with E-state index in [9.17, 15) is 4.79 Å². The van der Waals surface area contributed by atoms with Crippen molar-refractivity contribution in [1.29, 1.82) is 0 Å². The second kappa shape index (κ2) is 9.71. The van der Waals surface area contributed by atoms with E-state index >= 15 is 0 Å². The highest BCUT2D eigenvalue weighted by Crippen LogP contribution is 2.27. The highest BCUT2D eigenvalue weighted by atomic mass is 79.9. The van der Waals surface area contributed by atoms with Crippen LogP contribution in [0.3, 0.4) is 0 Å². The summed E-state index contributed by atoms with van der Waals surface area (Å²) < 4.78 is 10.5. The number of aromatic nitrogens is 4. The number of rotatable bonds is 7. The van der Waals surface area contributed by atoms with Gasteiger partial charge in [-0.2, -0.15) is 0 Å². The number of benzene rings is 2. The molecule has 2 aromatic carbocycles. The van der Waals surface area contributed by atoms with Crippen LogP contribution in [0.15, 0.2) is 75.1 Å². The van der Waals surface area contributed by atoms with E-state index in [1.807, 2.05) is 30.3 Å². The van der Waals surface area contributed by atoms with E-state index in [-0.39, 0.29) is 11.5 Å². The number of amides is 1. The van der Waals surface area contributed by atoms with Gasteiger partial charge in [0.1, 0.15) is 11.4 Å². The smallest absolute Gasteiger partial charge is 0.276 e. The number of thioether (sulfide) groups is 1. The number of carbonyl (C=O) groups is 1. The van der Waals surface area contributed by atoms with Gasteiger partial charge in [-0.05, 0) is 56.1 Å². The Hall–Kier alpha value is -3.24. The Labute approximate surface area is 190 Å². The van der Waals surface area contributed by atoms with E-state index in [1.54, 1.807) is 37.6 Å². The van der Waals surface area contributed by atoms with E-state index in [1.165, 1.54) is 11.8 Å². The minimum atomic E-state index is -0.457. The zero-order valence-electron chi connectivity index (χ0n) is 16.3. The van der Waals surface area contributed by atoms with Crippen LogP contribution in [0.2, 0.25) is 0 Å². The van der Waals surface area contributed by atoms with Crippen molar-refractivity contribution in [2.45, 2.75) is 10.9 Å². The normalized spacial score (nSPS) is 10.6. The van der Waals surface area contributed by atoms with Crippen LogP contribution in [-0.4, -0.2) is 33.3 Å². The Morgan fingerprint density at radius 1 is 1.13 bits per heavy atom. The largest absolute Gasteiger partial charge is 0.497 e. The number of carbonyl (C=O) groups excluding carboxylic acids is 1. The van der Waals surface area contributed by atoms with Crippen LogP contribution >= 0.6 is 27.7 Å². The SMILES string of the molecule is COc1ccc(-c2nonc2NC(=O)c2nc(SCc3ccccc3)ncc2Br)cc1. The van der Waals surface area contributed by atoms with Gasteiger partial charge in [0.25, 0.3) is 5.91 Å². The van der Waals surface area contributed by atoms with Crippen LogP contribution in [-0.2, 0) is 5.75 Å². The molecule has 0 saturated carbocycles. The first-order chi connectivity index (χ1) is 15.1. The Morgan fingerprint density at radius 3 is 2.65 bits per heavy atom. The van der Waals surface area contributed by atoms with Gasteiger partial charge < -0.3 is 10.1 Å². The van der Waals surface area contributed by atoms with Crippen molar-refractivity contribution in [3.63, 3.8) is 0 Å². The summed E-state index contributed by atoms with van der Waals surface area (Å²) in [6.07, 6.45) is 1.56. The molecule has 0 unspecified atom stereocenters. The summed E-state index contributed by atoms with van der Waals surface area (Å²) in [5.74, 6) is 1.13. The first-order valence-corrected chi connectivity index (χ1v) is 10.9. The topological polar surface area (TPSA) is 103 Å². The predicted molar refractivity (Wildman–Crippen MR) is 120 cm³/mol. The van der Waals surface area contributed by atoms with E-state index in [0.29, 0.717) is 26.8 Å². The average molecular weight is 498 g/mol. The second-order valence-electron chi connectivity index (χ2n) is 6.27. The van der Waals surface area contributed by atoms with Crippen LogP contribution < -0.4 is 10.1 Å². The summed E-state index contributed by atoms with van der Waals surface area (Å²) >= 11 is 4.79. The molecule has 156 valence electrons. The maximum Gasteiger partial charge on any atom is 0.276 e. The van der Waals surface area contributed by atoms with E-state index in [0.717, 1.165) is 11.1 Å². The molecule has 0 spiro atoms. The van der Waals surface area contributed by atoms with Gasteiger partial charge in [-0.25, -0.2) is 14.6 Å². The molecule has 0 aliphatic rings. The molecule has 31 heavy (non-hydrogen) atoms. The number of halogens is 1. The Balaban J connectivity index is 1.50. The quantitative estimate of drug-likeness (QED) is 0.285. The zero-order valence-corrected chi connectivity index (χ0v) is 18.7. The number of methoxy groups -OCH3 is 1. The molecule has 0 atom stereocenters. The molecule has 0 saturated heterocycles. The summed E-state index contributed by atoms with van der Waals surface area (Å²) in [6.45, 7) is 0. The zero-order chi connectivity index (χ0) is 21.6. The van der Waals surface area contributed by atoms with Gasteiger partial charge in [-0.3, -0.25) is 4.79 Å². The third kappa shape index (κ3) is 5.09. The fourth-order valence-corrected chi connectivity index (χ4v) is 3.82. The molecule has 10 heteroatoms. The van der Waals surface area contributed by atoms with Gasteiger partial charge in [0, 0.05) is 17.5 Å². The van der Waals surface area contributed by atoms with E-state index in [4.69, 9.17) is 9.37 Å². The number of nitrogens with one attached hydrogen (secondary N) is 1. The van der Waals surface area contributed by atoms with Crippen molar-refractivity contribution in [3.8, 4) is 17.0 Å². The molecule has 1 amide bonds. The number of hydrogen-bond donors (Lipinski definition) is 1.